The highest BCUT2D eigenvalue weighted by atomic mass is 16.5. The zero-order valence-electron chi connectivity index (χ0n) is 17.7. The lowest BCUT2D eigenvalue weighted by Crippen LogP contribution is -2.41. The van der Waals surface area contributed by atoms with Gasteiger partial charge in [0.05, 0.1) is 14.2 Å². The van der Waals surface area contributed by atoms with E-state index in [1.54, 1.807) is 14.2 Å². The Hall–Kier alpha value is -1.71. The molecule has 0 spiro atoms. The largest absolute Gasteiger partial charge is 0.497 e. The van der Waals surface area contributed by atoms with Crippen molar-refractivity contribution >= 4 is 5.91 Å². The van der Waals surface area contributed by atoms with Crippen LogP contribution < -0.4 is 9.47 Å². The number of methoxy groups -OCH3 is 2. The smallest absolute Gasteiger partial charge is 0.223 e. The summed E-state index contributed by atoms with van der Waals surface area (Å²) in [6.07, 6.45) is 4.76. The molecule has 0 fully saturated rings. The van der Waals surface area contributed by atoms with Gasteiger partial charge in [-0.1, -0.05) is 47.5 Å². The second-order valence-electron chi connectivity index (χ2n) is 8.17. The molecule has 0 heterocycles. The fraction of sp³-hybridized carbons (Fsp3) is 0.682. The molecule has 0 radical (unpaired) electrons. The number of hydrogen-bond donors (Lipinski definition) is 0. The Morgan fingerprint density at radius 2 is 1.69 bits per heavy atom. The Balaban J connectivity index is 3.17. The first kappa shape index (κ1) is 22.3. The molecule has 0 aliphatic carbocycles. The van der Waals surface area contributed by atoms with Gasteiger partial charge in [0.15, 0.2) is 0 Å². The molecule has 0 aliphatic heterocycles. The van der Waals surface area contributed by atoms with Crippen LogP contribution in [0.5, 0.6) is 11.5 Å². The molecule has 0 saturated heterocycles. The fourth-order valence-electron chi connectivity index (χ4n) is 3.26. The van der Waals surface area contributed by atoms with Crippen LogP contribution in [0.15, 0.2) is 18.2 Å². The van der Waals surface area contributed by atoms with Gasteiger partial charge in [-0.15, -0.1) is 0 Å². The third-order valence-electron chi connectivity index (χ3n) is 4.52. The van der Waals surface area contributed by atoms with Gasteiger partial charge in [0.25, 0.3) is 0 Å². The van der Waals surface area contributed by atoms with Crippen LogP contribution in [0.4, 0.5) is 0 Å². The summed E-state index contributed by atoms with van der Waals surface area (Å²) in [6.45, 7) is 11.3. The van der Waals surface area contributed by atoms with E-state index in [1.165, 1.54) is 0 Å². The first-order valence-corrected chi connectivity index (χ1v) is 9.76. The van der Waals surface area contributed by atoms with Crippen molar-refractivity contribution in [2.24, 2.45) is 5.41 Å². The van der Waals surface area contributed by atoms with Crippen molar-refractivity contribution in [3.05, 3.63) is 23.8 Å². The van der Waals surface area contributed by atoms with Crippen LogP contribution in [-0.4, -0.2) is 31.1 Å². The van der Waals surface area contributed by atoms with Gasteiger partial charge in [-0.2, -0.15) is 0 Å². The van der Waals surface area contributed by atoms with Crippen molar-refractivity contribution in [2.45, 2.75) is 79.3 Å². The molecule has 0 atom stereocenters. The third-order valence-corrected chi connectivity index (χ3v) is 4.52. The summed E-state index contributed by atoms with van der Waals surface area (Å²) in [5.41, 5.74) is 0.996. The standard InChI is InChI=1S/C22H37NO3/c1-8-10-18(11-9-2)23(21(24)15-22(3,4)5)16-17-12-13-19(25-6)14-20(17)26-7/h12-14,18H,8-11,15-16H2,1-7H3. The molecule has 148 valence electrons. The van der Waals surface area contributed by atoms with E-state index in [-0.39, 0.29) is 17.4 Å². The molecule has 1 aromatic carbocycles. The fourth-order valence-corrected chi connectivity index (χ4v) is 3.26. The van der Waals surface area contributed by atoms with E-state index < -0.39 is 0 Å². The second-order valence-corrected chi connectivity index (χ2v) is 8.17. The maximum atomic E-state index is 13.1. The number of carbonyl (C=O) groups excluding carboxylic acids is 1. The van der Waals surface area contributed by atoms with Gasteiger partial charge in [-0.05, 0) is 30.4 Å². The van der Waals surface area contributed by atoms with E-state index >= 15 is 0 Å². The van der Waals surface area contributed by atoms with Crippen molar-refractivity contribution < 1.29 is 14.3 Å². The minimum Gasteiger partial charge on any atom is -0.497 e. The maximum Gasteiger partial charge on any atom is 0.223 e. The van der Waals surface area contributed by atoms with Crippen molar-refractivity contribution in [3.8, 4) is 11.5 Å². The van der Waals surface area contributed by atoms with Crippen LogP contribution >= 0.6 is 0 Å². The SMILES string of the molecule is CCCC(CCC)N(Cc1ccc(OC)cc1OC)C(=O)CC(C)(C)C. The molecule has 0 saturated carbocycles. The lowest BCUT2D eigenvalue weighted by molar-refractivity contribution is -0.136. The van der Waals surface area contributed by atoms with Gasteiger partial charge in [-0.25, -0.2) is 0 Å². The molecular weight excluding hydrogens is 326 g/mol. The summed E-state index contributed by atoms with van der Waals surface area (Å²) in [6, 6.07) is 6.09. The molecule has 1 aromatic rings. The molecule has 0 N–H and O–H groups in total. The van der Waals surface area contributed by atoms with E-state index in [2.05, 4.69) is 39.5 Å². The van der Waals surface area contributed by atoms with E-state index in [0.717, 1.165) is 42.7 Å². The average molecular weight is 364 g/mol. The number of ether oxygens (including phenoxy) is 2. The van der Waals surface area contributed by atoms with E-state index in [0.29, 0.717) is 13.0 Å². The van der Waals surface area contributed by atoms with E-state index in [9.17, 15) is 4.79 Å². The Bertz CT molecular complexity index is 557. The second kappa shape index (κ2) is 10.4. The highest BCUT2D eigenvalue weighted by Crippen LogP contribution is 2.29. The third kappa shape index (κ3) is 6.89. The average Bonchev–Trinajstić information content (AvgIpc) is 2.58. The topological polar surface area (TPSA) is 38.8 Å². The molecule has 0 unspecified atom stereocenters. The summed E-state index contributed by atoms with van der Waals surface area (Å²) in [5.74, 6) is 1.75. The Kier molecular flexibility index (Phi) is 8.97. The van der Waals surface area contributed by atoms with Gasteiger partial charge in [0.2, 0.25) is 5.91 Å². The van der Waals surface area contributed by atoms with E-state index in [4.69, 9.17) is 9.47 Å². The molecule has 4 heteroatoms. The first-order chi connectivity index (χ1) is 12.3. The monoisotopic (exact) mass is 363 g/mol. The number of carbonyl (C=O) groups is 1. The molecule has 0 aromatic heterocycles. The predicted molar refractivity (Wildman–Crippen MR) is 108 cm³/mol. The maximum absolute atomic E-state index is 13.1. The van der Waals surface area contributed by atoms with Gasteiger partial charge in [0, 0.05) is 30.6 Å². The summed E-state index contributed by atoms with van der Waals surface area (Å²) in [7, 11) is 3.31. The number of nitrogens with zero attached hydrogens (tertiary/aromatic N) is 1. The number of rotatable bonds is 10. The van der Waals surface area contributed by atoms with Crippen LogP contribution in [-0.2, 0) is 11.3 Å². The quantitative estimate of drug-likeness (QED) is 0.556. The number of hydrogen-bond acceptors (Lipinski definition) is 3. The molecule has 1 amide bonds. The summed E-state index contributed by atoms with van der Waals surface area (Å²) in [4.78, 5) is 15.2. The molecule has 4 nitrogen and oxygen atoms in total. The van der Waals surface area contributed by atoms with Gasteiger partial charge in [-0.3, -0.25) is 4.79 Å². The van der Waals surface area contributed by atoms with E-state index in [1.807, 2.05) is 18.2 Å². The highest BCUT2D eigenvalue weighted by molar-refractivity contribution is 5.77. The lowest BCUT2D eigenvalue weighted by Gasteiger charge is -2.34. The Morgan fingerprint density at radius 1 is 1.08 bits per heavy atom. The van der Waals surface area contributed by atoms with Crippen LogP contribution in [0.25, 0.3) is 0 Å². The summed E-state index contributed by atoms with van der Waals surface area (Å²) >= 11 is 0. The number of amides is 1. The number of benzene rings is 1. The highest BCUT2D eigenvalue weighted by Gasteiger charge is 2.27. The van der Waals surface area contributed by atoms with Crippen molar-refractivity contribution in [3.63, 3.8) is 0 Å². The molecule has 0 aliphatic rings. The zero-order valence-corrected chi connectivity index (χ0v) is 17.7. The van der Waals surface area contributed by atoms with Crippen LogP contribution in [0.3, 0.4) is 0 Å². The predicted octanol–water partition coefficient (Wildman–Crippen LogP) is 5.44. The van der Waals surface area contributed by atoms with Gasteiger partial charge < -0.3 is 14.4 Å². The molecule has 0 bridgehead atoms. The minimum atomic E-state index is -0.0255. The van der Waals surface area contributed by atoms with Crippen LogP contribution in [0, 0.1) is 5.41 Å². The van der Waals surface area contributed by atoms with Crippen LogP contribution in [0.1, 0.15) is 72.3 Å². The summed E-state index contributed by atoms with van der Waals surface area (Å²) in [5, 5.41) is 0. The molecular formula is C22H37NO3. The van der Waals surface area contributed by atoms with Crippen molar-refractivity contribution in [2.75, 3.05) is 14.2 Å². The van der Waals surface area contributed by atoms with Crippen LogP contribution in [0.2, 0.25) is 0 Å². The zero-order chi connectivity index (χ0) is 19.7. The first-order valence-electron chi connectivity index (χ1n) is 9.76. The van der Waals surface area contributed by atoms with Gasteiger partial charge >= 0.3 is 0 Å². The minimum absolute atomic E-state index is 0.0255. The molecule has 26 heavy (non-hydrogen) atoms. The Morgan fingerprint density at radius 3 is 2.15 bits per heavy atom. The summed E-state index contributed by atoms with van der Waals surface area (Å²) < 4.78 is 10.8. The normalized spacial score (nSPS) is 11.5. The lowest BCUT2D eigenvalue weighted by atomic mass is 9.90. The molecule has 1 rings (SSSR count). The Labute approximate surface area is 159 Å². The van der Waals surface area contributed by atoms with Gasteiger partial charge in [0.1, 0.15) is 11.5 Å². The van der Waals surface area contributed by atoms with Crippen molar-refractivity contribution in [1.82, 2.24) is 4.90 Å². The van der Waals surface area contributed by atoms with Crippen molar-refractivity contribution in [1.29, 1.82) is 0 Å².